The van der Waals surface area contributed by atoms with Crippen LogP contribution in [-0.2, 0) is 9.53 Å². The maximum atomic E-state index is 12.2. The molecule has 132 valence electrons. The van der Waals surface area contributed by atoms with Gasteiger partial charge in [0.05, 0.1) is 17.8 Å². The van der Waals surface area contributed by atoms with Crippen molar-refractivity contribution in [3.63, 3.8) is 0 Å². The Balaban J connectivity index is 1.99. The van der Waals surface area contributed by atoms with Crippen LogP contribution in [0.1, 0.15) is 10.4 Å². The van der Waals surface area contributed by atoms with Crippen molar-refractivity contribution in [1.82, 2.24) is 0 Å². The van der Waals surface area contributed by atoms with E-state index in [4.69, 9.17) is 26.8 Å². The molecular formula is C17H17ClN2O4S. The van der Waals surface area contributed by atoms with E-state index in [2.05, 4.69) is 5.32 Å². The van der Waals surface area contributed by atoms with Gasteiger partial charge in [-0.1, -0.05) is 17.7 Å². The minimum atomic E-state index is -0.730. The molecule has 8 heteroatoms. The van der Waals surface area contributed by atoms with Crippen LogP contribution in [0.15, 0.2) is 41.3 Å². The molecule has 0 fully saturated rings. The molecule has 6 nitrogen and oxygen atoms in total. The van der Waals surface area contributed by atoms with Gasteiger partial charge in [0.15, 0.2) is 6.61 Å². The number of anilines is 2. The second-order valence-corrected chi connectivity index (χ2v) is 6.22. The molecule has 0 heterocycles. The maximum absolute atomic E-state index is 12.2. The van der Waals surface area contributed by atoms with E-state index < -0.39 is 18.5 Å². The Kier molecular flexibility index (Phi) is 6.55. The number of esters is 1. The lowest BCUT2D eigenvalue weighted by Crippen LogP contribution is -2.21. The molecule has 0 aliphatic carbocycles. The molecule has 0 bridgehead atoms. The van der Waals surface area contributed by atoms with Crippen LogP contribution in [0.25, 0.3) is 0 Å². The summed E-state index contributed by atoms with van der Waals surface area (Å²) < 4.78 is 10.1. The van der Waals surface area contributed by atoms with Crippen LogP contribution in [0, 0.1) is 0 Å². The van der Waals surface area contributed by atoms with E-state index in [0.29, 0.717) is 5.69 Å². The van der Waals surface area contributed by atoms with Gasteiger partial charge in [-0.25, -0.2) is 4.79 Å². The molecule has 0 aliphatic heterocycles. The summed E-state index contributed by atoms with van der Waals surface area (Å²) in [6, 6.07) is 10.1. The Morgan fingerprint density at radius 2 is 2.04 bits per heavy atom. The Hall–Kier alpha value is -2.38. The average Bonchev–Trinajstić information content (AvgIpc) is 2.61. The number of halogens is 1. The van der Waals surface area contributed by atoms with Crippen molar-refractivity contribution in [3.8, 4) is 5.75 Å². The predicted octanol–water partition coefficient (Wildman–Crippen LogP) is 3.45. The third-order valence-corrected chi connectivity index (χ3v) is 4.28. The number of nitrogens with two attached hydrogens (primary N) is 1. The molecule has 2 aromatic rings. The topological polar surface area (TPSA) is 90.7 Å². The molecule has 0 saturated carbocycles. The zero-order valence-corrected chi connectivity index (χ0v) is 15.2. The summed E-state index contributed by atoms with van der Waals surface area (Å²) in [7, 11) is 1.39. The van der Waals surface area contributed by atoms with Gasteiger partial charge in [0.2, 0.25) is 0 Å². The number of carbonyl (C=O) groups excluding carboxylic acids is 2. The van der Waals surface area contributed by atoms with Crippen molar-refractivity contribution < 1.29 is 19.1 Å². The first-order chi connectivity index (χ1) is 11.9. The number of nitrogen functional groups attached to an aromatic ring is 1. The normalized spacial score (nSPS) is 10.2. The van der Waals surface area contributed by atoms with Crippen LogP contribution in [0.5, 0.6) is 5.75 Å². The third-order valence-electron chi connectivity index (χ3n) is 3.23. The van der Waals surface area contributed by atoms with Gasteiger partial charge in [0, 0.05) is 16.6 Å². The summed E-state index contributed by atoms with van der Waals surface area (Å²) in [6.07, 6.45) is 1.94. The number of hydrogen-bond acceptors (Lipinski definition) is 6. The fraction of sp³-hybridized carbons (Fsp3) is 0.176. The average molecular weight is 381 g/mol. The number of nitrogens with one attached hydrogen (secondary N) is 1. The quantitative estimate of drug-likeness (QED) is 0.453. The molecule has 1 amide bonds. The van der Waals surface area contributed by atoms with Crippen LogP contribution in [-0.4, -0.2) is 31.8 Å². The van der Waals surface area contributed by atoms with Gasteiger partial charge in [0.25, 0.3) is 5.91 Å². The van der Waals surface area contributed by atoms with Crippen molar-refractivity contribution in [2.75, 3.05) is 31.0 Å². The molecular weight excluding hydrogens is 364 g/mol. The first-order valence-corrected chi connectivity index (χ1v) is 8.79. The number of hydrogen-bond donors (Lipinski definition) is 2. The highest BCUT2D eigenvalue weighted by Gasteiger charge is 2.17. The molecule has 0 aromatic heterocycles. The third kappa shape index (κ3) is 5.04. The number of thioether (sulfide) groups is 1. The maximum Gasteiger partial charge on any atom is 0.342 e. The lowest BCUT2D eigenvalue weighted by molar-refractivity contribution is -0.119. The van der Waals surface area contributed by atoms with Crippen molar-refractivity contribution in [1.29, 1.82) is 0 Å². The van der Waals surface area contributed by atoms with E-state index in [-0.39, 0.29) is 22.0 Å². The first kappa shape index (κ1) is 19.0. The largest absolute Gasteiger partial charge is 0.496 e. The van der Waals surface area contributed by atoms with Gasteiger partial charge < -0.3 is 20.5 Å². The summed E-state index contributed by atoms with van der Waals surface area (Å²) in [5.41, 5.74) is 6.67. The number of methoxy groups -OCH3 is 1. The molecule has 0 aliphatic rings. The molecule has 2 rings (SSSR count). The van der Waals surface area contributed by atoms with Crippen LogP contribution in [0.2, 0.25) is 5.02 Å². The molecule has 0 spiro atoms. The number of rotatable bonds is 6. The van der Waals surface area contributed by atoms with E-state index in [1.165, 1.54) is 19.2 Å². The highest BCUT2D eigenvalue weighted by molar-refractivity contribution is 7.98. The summed E-state index contributed by atoms with van der Waals surface area (Å²) in [6.45, 7) is -0.437. The minimum absolute atomic E-state index is 0.0962. The summed E-state index contributed by atoms with van der Waals surface area (Å²) in [5, 5.41) is 2.87. The molecule has 0 radical (unpaired) electrons. The highest BCUT2D eigenvalue weighted by Crippen LogP contribution is 2.29. The number of ether oxygens (including phenoxy) is 2. The van der Waals surface area contributed by atoms with Gasteiger partial charge >= 0.3 is 5.97 Å². The van der Waals surface area contributed by atoms with E-state index in [9.17, 15) is 9.59 Å². The number of carbonyl (C=O) groups is 2. The van der Waals surface area contributed by atoms with Gasteiger partial charge in [-0.2, -0.15) is 0 Å². The lowest BCUT2D eigenvalue weighted by Gasteiger charge is -2.11. The Bertz CT molecular complexity index is 798. The smallest absolute Gasteiger partial charge is 0.342 e. The molecule has 0 saturated heterocycles. The van der Waals surface area contributed by atoms with E-state index in [1.807, 2.05) is 24.5 Å². The Morgan fingerprint density at radius 3 is 2.72 bits per heavy atom. The SMILES string of the molecule is COc1cc(N)c(Cl)cc1C(=O)OCC(=O)Nc1cccc(SC)c1. The fourth-order valence-electron chi connectivity index (χ4n) is 2.00. The highest BCUT2D eigenvalue weighted by atomic mass is 35.5. The molecule has 25 heavy (non-hydrogen) atoms. The zero-order chi connectivity index (χ0) is 18.4. The second-order valence-electron chi connectivity index (χ2n) is 4.93. The summed E-state index contributed by atoms with van der Waals surface area (Å²) in [4.78, 5) is 25.1. The van der Waals surface area contributed by atoms with Crippen LogP contribution < -0.4 is 15.8 Å². The Labute approximate surface area is 154 Å². The van der Waals surface area contributed by atoms with Gasteiger partial charge in [-0.3, -0.25) is 4.79 Å². The number of benzene rings is 2. The zero-order valence-electron chi connectivity index (χ0n) is 13.7. The van der Waals surface area contributed by atoms with Crippen molar-refractivity contribution in [2.24, 2.45) is 0 Å². The number of amides is 1. The van der Waals surface area contributed by atoms with E-state index in [0.717, 1.165) is 4.90 Å². The second kappa shape index (κ2) is 8.64. The van der Waals surface area contributed by atoms with Crippen molar-refractivity contribution in [3.05, 3.63) is 47.0 Å². The molecule has 0 atom stereocenters. The summed E-state index contributed by atoms with van der Waals surface area (Å²) in [5.74, 6) is -0.959. The molecule has 3 N–H and O–H groups in total. The van der Waals surface area contributed by atoms with Crippen LogP contribution in [0.3, 0.4) is 0 Å². The molecule has 0 unspecified atom stereocenters. The summed E-state index contributed by atoms with van der Waals surface area (Å²) >= 11 is 7.47. The van der Waals surface area contributed by atoms with Crippen LogP contribution in [0.4, 0.5) is 11.4 Å². The van der Waals surface area contributed by atoms with Crippen LogP contribution >= 0.6 is 23.4 Å². The fourth-order valence-corrected chi connectivity index (χ4v) is 2.63. The van der Waals surface area contributed by atoms with Crippen molar-refractivity contribution in [2.45, 2.75) is 4.90 Å². The van der Waals surface area contributed by atoms with Gasteiger partial charge in [-0.15, -0.1) is 11.8 Å². The van der Waals surface area contributed by atoms with Gasteiger partial charge in [-0.05, 0) is 30.5 Å². The predicted molar refractivity (Wildman–Crippen MR) is 99.6 cm³/mol. The monoisotopic (exact) mass is 380 g/mol. The van der Waals surface area contributed by atoms with Crippen molar-refractivity contribution >= 4 is 46.6 Å². The molecule has 2 aromatic carbocycles. The lowest BCUT2D eigenvalue weighted by atomic mass is 10.2. The van der Waals surface area contributed by atoms with E-state index in [1.54, 1.807) is 17.8 Å². The minimum Gasteiger partial charge on any atom is -0.496 e. The first-order valence-electron chi connectivity index (χ1n) is 7.18. The Morgan fingerprint density at radius 1 is 1.28 bits per heavy atom. The van der Waals surface area contributed by atoms with E-state index >= 15 is 0 Å². The van der Waals surface area contributed by atoms with Gasteiger partial charge in [0.1, 0.15) is 11.3 Å². The standard InChI is InChI=1S/C17H17ClN2O4S/c1-23-15-8-14(19)13(18)7-12(15)17(22)24-9-16(21)20-10-4-3-5-11(6-10)25-2/h3-8H,9,19H2,1-2H3,(H,20,21).